The minimum absolute atomic E-state index is 0.0309. The van der Waals surface area contributed by atoms with Crippen LogP contribution >= 0.6 is 0 Å². The van der Waals surface area contributed by atoms with Gasteiger partial charge in [0, 0.05) is 38.2 Å². The van der Waals surface area contributed by atoms with Crippen LogP contribution in [0, 0.1) is 5.92 Å². The second-order valence-electron chi connectivity index (χ2n) is 6.34. The average Bonchev–Trinajstić information content (AvgIpc) is 2.76. The van der Waals surface area contributed by atoms with Crippen LogP contribution in [-0.2, 0) is 14.3 Å². The second-order valence-corrected chi connectivity index (χ2v) is 6.34. The zero-order valence-corrected chi connectivity index (χ0v) is 15.1. The largest absolute Gasteiger partial charge is 0.573 e. The van der Waals surface area contributed by atoms with E-state index in [1.54, 1.807) is 12.0 Å². The smallest absolute Gasteiger partial charge is 0.406 e. The van der Waals surface area contributed by atoms with Crippen LogP contribution in [0.15, 0.2) is 24.3 Å². The fourth-order valence-corrected chi connectivity index (χ4v) is 2.97. The first kappa shape index (κ1) is 21.0. The Morgan fingerprint density at radius 3 is 2.59 bits per heavy atom. The maximum absolute atomic E-state index is 12.6. The van der Waals surface area contributed by atoms with Gasteiger partial charge in [0.1, 0.15) is 5.75 Å². The van der Waals surface area contributed by atoms with E-state index in [-0.39, 0.29) is 24.0 Å². The fraction of sp³-hybridized carbons (Fsp3) is 0.556. The Kier molecular flexibility index (Phi) is 7.46. The van der Waals surface area contributed by atoms with Crippen LogP contribution < -0.4 is 10.1 Å². The van der Waals surface area contributed by atoms with E-state index < -0.39 is 12.3 Å². The monoisotopic (exact) mass is 388 g/mol. The first-order chi connectivity index (χ1) is 12.8. The van der Waals surface area contributed by atoms with Crippen molar-refractivity contribution in [2.45, 2.75) is 32.0 Å². The maximum atomic E-state index is 12.6. The second kappa shape index (κ2) is 9.59. The number of amides is 2. The number of alkyl halides is 3. The molecule has 0 bridgehead atoms. The molecular formula is C18H23F3N2O4. The molecule has 0 aliphatic carbocycles. The standard InChI is InChI=1S/C18H23F3N2O4/c1-26-11-10-23-9-3-2-4-13(17(23)25)12-16(24)22-14-5-7-15(8-6-14)27-18(19,20)21/h5-8,13H,2-4,9-12H2,1H3,(H,22,24). The van der Waals surface area contributed by atoms with Gasteiger partial charge >= 0.3 is 6.36 Å². The van der Waals surface area contributed by atoms with Crippen LogP contribution in [0.25, 0.3) is 0 Å². The highest BCUT2D eigenvalue weighted by Gasteiger charge is 2.31. The maximum Gasteiger partial charge on any atom is 0.573 e. The molecule has 0 spiro atoms. The molecule has 27 heavy (non-hydrogen) atoms. The number of carbonyl (C=O) groups excluding carboxylic acids is 2. The lowest BCUT2D eigenvalue weighted by Gasteiger charge is -2.23. The van der Waals surface area contributed by atoms with Crippen LogP contribution in [0.5, 0.6) is 5.75 Å². The van der Waals surface area contributed by atoms with Crippen LogP contribution in [0.2, 0.25) is 0 Å². The normalized spacial score (nSPS) is 18.1. The van der Waals surface area contributed by atoms with Gasteiger partial charge in [0.25, 0.3) is 0 Å². The number of rotatable bonds is 7. The SMILES string of the molecule is COCCN1CCCCC(CC(=O)Nc2ccc(OC(F)(F)F)cc2)C1=O. The number of benzene rings is 1. The number of hydrogen-bond acceptors (Lipinski definition) is 4. The van der Waals surface area contributed by atoms with Gasteiger partial charge in [-0.15, -0.1) is 13.2 Å². The van der Waals surface area contributed by atoms with E-state index in [1.807, 2.05) is 0 Å². The number of hydrogen-bond donors (Lipinski definition) is 1. The Morgan fingerprint density at radius 2 is 1.96 bits per heavy atom. The van der Waals surface area contributed by atoms with Gasteiger partial charge in [0.2, 0.25) is 11.8 Å². The summed E-state index contributed by atoms with van der Waals surface area (Å²) in [6.07, 6.45) is -2.36. The molecule has 1 aromatic rings. The minimum Gasteiger partial charge on any atom is -0.406 e. The Morgan fingerprint density at radius 1 is 1.26 bits per heavy atom. The van der Waals surface area contributed by atoms with Crippen molar-refractivity contribution >= 4 is 17.5 Å². The quantitative estimate of drug-likeness (QED) is 0.779. The molecule has 2 rings (SSSR count). The Labute approximate surface area is 155 Å². The third-order valence-electron chi connectivity index (χ3n) is 4.26. The minimum atomic E-state index is -4.76. The summed E-state index contributed by atoms with van der Waals surface area (Å²) in [5.74, 6) is -1.19. The summed E-state index contributed by atoms with van der Waals surface area (Å²) in [6.45, 7) is 1.59. The van der Waals surface area contributed by atoms with Crippen molar-refractivity contribution < 1.29 is 32.2 Å². The van der Waals surface area contributed by atoms with E-state index in [0.29, 0.717) is 31.8 Å². The molecule has 0 saturated carbocycles. The van der Waals surface area contributed by atoms with Crippen molar-refractivity contribution in [1.29, 1.82) is 0 Å². The van der Waals surface area contributed by atoms with Crippen LogP contribution in [0.3, 0.4) is 0 Å². The summed E-state index contributed by atoms with van der Waals surface area (Å²) < 4.78 is 45.3. The molecule has 1 aromatic carbocycles. The zero-order chi connectivity index (χ0) is 19.9. The first-order valence-electron chi connectivity index (χ1n) is 8.72. The van der Waals surface area contributed by atoms with Gasteiger partial charge in [-0.2, -0.15) is 0 Å². The molecule has 2 amide bonds. The van der Waals surface area contributed by atoms with Gasteiger partial charge in [-0.05, 0) is 37.1 Å². The van der Waals surface area contributed by atoms with Crippen molar-refractivity contribution in [2.75, 3.05) is 32.1 Å². The topological polar surface area (TPSA) is 67.9 Å². The number of nitrogens with zero attached hydrogens (tertiary/aromatic N) is 1. The predicted octanol–water partition coefficient (Wildman–Crippen LogP) is 3.19. The molecule has 1 unspecified atom stereocenters. The number of anilines is 1. The highest BCUT2D eigenvalue weighted by Crippen LogP contribution is 2.25. The summed E-state index contributed by atoms with van der Waals surface area (Å²) in [5, 5.41) is 2.61. The van der Waals surface area contributed by atoms with Crippen molar-refractivity contribution in [1.82, 2.24) is 4.90 Å². The lowest BCUT2D eigenvalue weighted by Crippen LogP contribution is -2.38. The van der Waals surface area contributed by atoms with E-state index in [2.05, 4.69) is 10.1 Å². The molecule has 1 atom stereocenters. The molecule has 1 N–H and O–H groups in total. The van der Waals surface area contributed by atoms with Gasteiger partial charge in [0.15, 0.2) is 0 Å². The van der Waals surface area contributed by atoms with Crippen LogP contribution in [0.1, 0.15) is 25.7 Å². The molecule has 1 heterocycles. The Balaban J connectivity index is 1.91. The van der Waals surface area contributed by atoms with Gasteiger partial charge in [0.05, 0.1) is 6.61 Å². The van der Waals surface area contributed by atoms with E-state index in [0.717, 1.165) is 25.0 Å². The molecule has 9 heteroatoms. The Bertz CT molecular complexity index is 634. The predicted molar refractivity (Wildman–Crippen MR) is 92.2 cm³/mol. The van der Waals surface area contributed by atoms with E-state index in [9.17, 15) is 22.8 Å². The lowest BCUT2D eigenvalue weighted by atomic mass is 9.98. The number of halogens is 3. The molecule has 1 aliphatic heterocycles. The van der Waals surface area contributed by atoms with Crippen LogP contribution in [0.4, 0.5) is 18.9 Å². The number of ether oxygens (including phenoxy) is 2. The molecule has 1 saturated heterocycles. The lowest BCUT2D eigenvalue weighted by molar-refractivity contribution is -0.274. The molecule has 1 aliphatic rings. The fourth-order valence-electron chi connectivity index (χ4n) is 2.97. The van der Waals surface area contributed by atoms with Crippen molar-refractivity contribution in [2.24, 2.45) is 5.92 Å². The molecule has 150 valence electrons. The number of methoxy groups -OCH3 is 1. The average molecular weight is 388 g/mol. The summed E-state index contributed by atoms with van der Waals surface area (Å²) in [6, 6.07) is 4.87. The molecule has 6 nitrogen and oxygen atoms in total. The highest BCUT2D eigenvalue weighted by atomic mass is 19.4. The molecule has 0 aromatic heterocycles. The van der Waals surface area contributed by atoms with E-state index in [4.69, 9.17) is 4.74 Å². The molecule has 1 fully saturated rings. The van der Waals surface area contributed by atoms with Crippen LogP contribution in [-0.4, -0.2) is 49.9 Å². The number of carbonyl (C=O) groups is 2. The highest BCUT2D eigenvalue weighted by molar-refractivity contribution is 5.94. The summed E-state index contributed by atoms with van der Waals surface area (Å²) >= 11 is 0. The third kappa shape index (κ3) is 7.09. The molecular weight excluding hydrogens is 365 g/mol. The summed E-state index contributed by atoms with van der Waals surface area (Å²) in [7, 11) is 1.57. The van der Waals surface area contributed by atoms with Gasteiger partial charge in [-0.3, -0.25) is 9.59 Å². The van der Waals surface area contributed by atoms with Gasteiger partial charge in [-0.1, -0.05) is 6.42 Å². The number of likely N-dealkylation sites (tertiary alicyclic amines) is 1. The first-order valence-corrected chi connectivity index (χ1v) is 8.72. The van der Waals surface area contributed by atoms with E-state index >= 15 is 0 Å². The summed E-state index contributed by atoms with van der Waals surface area (Å²) in [5.41, 5.74) is 0.340. The number of nitrogens with one attached hydrogen (secondary N) is 1. The van der Waals surface area contributed by atoms with Gasteiger partial charge < -0.3 is 19.7 Å². The van der Waals surface area contributed by atoms with Crippen molar-refractivity contribution in [3.63, 3.8) is 0 Å². The molecule has 0 radical (unpaired) electrons. The van der Waals surface area contributed by atoms with Crippen molar-refractivity contribution in [3.05, 3.63) is 24.3 Å². The summed E-state index contributed by atoms with van der Waals surface area (Å²) in [4.78, 5) is 26.6. The van der Waals surface area contributed by atoms with Gasteiger partial charge in [-0.25, -0.2) is 0 Å². The van der Waals surface area contributed by atoms with Crippen molar-refractivity contribution in [3.8, 4) is 5.75 Å². The Hall–Kier alpha value is -2.29. The third-order valence-corrected chi connectivity index (χ3v) is 4.26. The zero-order valence-electron chi connectivity index (χ0n) is 15.1. The van der Waals surface area contributed by atoms with E-state index in [1.165, 1.54) is 12.1 Å².